The molecule has 16 heavy (non-hydrogen) atoms. The topological polar surface area (TPSA) is 32.3 Å². The first-order chi connectivity index (χ1) is 7.53. The molecular formula is C13H24N2O. The van der Waals surface area contributed by atoms with Crippen LogP contribution >= 0.6 is 0 Å². The summed E-state index contributed by atoms with van der Waals surface area (Å²) < 4.78 is 0. The predicted molar refractivity (Wildman–Crippen MR) is 67.3 cm³/mol. The van der Waals surface area contributed by atoms with Crippen LogP contribution in [0.2, 0.25) is 0 Å². The molecule has 1 atom stereocenters. The molecule has 0 spiro atoms. The van der Waals surface area contributed by atoms with E-state index < -0.39 is 0 Å². The van der Waals surface area contributed by atoms with E-state index in [1.165, 1.54) is 0 Å². The van der Waals surface area contributed by atoms with Gasteiger partial charge in [0.25, 0.3) is 0 Å². The van der Waals surface area contributed by atoms with Crippen LogP contribution in [0.3, 0.4) is 0 Å². The lowest BCUT2D eigenvalue weighted by molar-refractivity contribution is -0.134. The molecule has 1 aliphatic heterocycles. The highest BCUT2D eigenvalue weighted by Gasteiger charge is 2.35. The molecule has 3 heteroatoms. The summed E-state index contributed by atoms with van der Waals surface area (Å²) in [5, 5.41) is 3.16. The number of hydrogen-bond acceptors (Lipinski definition) is 2. The number of rotatable bonds is 4. The number of allylic oxidation sites excluding steroid dienone is 1. The number of hydrogen-bond donors (Lipinski definition) is 1. The van der Waals surface area contributed by atoms with Crippen molar-refractivity contribution >= 4 is 5.91 Å². The monoisotopic (exact) mass is 224 g/mol. The van der Waals surface area contributed by atoms with Gasteiger partial charge in [0.1, 0.15) is 0 Å². The standard InChI is InChI=1S/C13H24N2O/c1-5-8-13(2,3)11(14-4)12(16)15-9-6-7-10-15/h5,8,11,14H,6-7,9-10H2,1-4H3/b8-5-/t11-/m1/s1. The molecule has 0 aliphatic carbocycles. The Labute approximate surface area is 98.9 Å². The first-order valence-corrected chi connectivity index (χ1v) is 6.13. The Balaban J connectivity index is 2.76. The molecule has 1 heterocycles. The Kier molecular flexibility index (Phi) is 4.54. The molecule has 92 valence electrons. The third kappa shape index (κ3) is 2.85. The van der Waals surface area contributed by atoms with Crippen LogP contribution < -0.4 is 5.32 Å². The van der Waals surface area contributed by atoms with Gasteiger partial charge < -0.3 is 10.2 Å². The fourth-order valence-electron chi connectivity index (χ4n) is 2.46. The van der Waals surface area contributed by atoms with E-state index in [1.807, 2.05) is 24.9 Å². The maximum atomic E-state index is 12.3. The van der Waals surface area contributed by atoms with E-state index in [2.05, 4.69) is 25.2 Å². The van der Waals surface area contributed by atoms with Gasteiger partial charge in [-0.1, -0.05) is 26.0 Å². The van der Waals surface area contributed by atoms with Crippen LogP contribution in [-0.4, -0.2) is 37.0 Å². The van der Waals surface area contributed by atoms with Crippen molar-refractivity contribution in [3.63, 3.8) is 0 Å². The van der Waals surface area contributed by atoms with Crippen LogP contribution in [-0.2, 0) is 4.79 Å². The minimum atomic E-state index is -0.136. The van der Waals surface area contributed by atoms with Crippen molar-refractivity contribution in [2.75, 3.05) is 20.1 Å². The number of carbonyl (C=O) groups is 1. The second kappa shape index (κ2) is 5.48. The van der Waals surface area contributed by atoms with Crippen molar-refractivity contribution in [2.24, 2.45) is 5.41 Å². The van der Waals surface area contributed by atoms with Gasteiger partial charge in [-0.3, -0.25) is 4.79 Å². The minimum absolute atomic E-state index is 0.123. The van der Waals surface area contributed by atoms with Crippen molar-refractivity contribution in [3.05, 3.63) is 12.2 Å². The Morgan fingerprint density at radius 3 is 2.38 bits per heavy atom. The van der Waals surface area contributed by atoms with Gasteiger partial charge in [0.2, 0.25) is 5.91 Å². The van der Waals surface area contributed by atoms with E-state index in [1.54, 1.807) is 0 Å². The number of likely N-dealkylation sites (N-methyl/N-ethyl adjacent to an activating group) is 1. The average molecular weight is 224 g/mol. The quantitative estimate of drug-likeness (QED) is 0.739. The van der Waals surface area contributed by atoms with E-state index in [-0.39, 0.29) is 17.4 Å². The second-order valence-electron chi connectivity index (χ2n) is 5.08. The molecule has 1 fully saturated rings. The van der Waals surface area contributed by atoms with Crippen LogP contribution in [0, 0.1) is 5.41 Å². The maximum absolute atomic E-state index is 12.3. The highest BCUT2D eigenvalue weighted by Crippen LogP contribution is 2.25. The Morgan fingerprint density at radius 2 is 1.94 bits per heavy atom. The van der Waals surface area contributed by atoms with Crippen molar-refractivity contribution in [1.29, 1.82) is 0 Å². The van der Waals surface area contributed by atoms with Crippen molar-refractivity contribution in [2.45, 2.75) is 39.7 Å². The van der Waals surface area contributed by atoms with E-state index in [0.29, 0.717) is 0 Å². The van der Waals surface area contributed by atoms with Gasteiger partial charge in [0.05, 0.1) is 6.04 Å². The second-order valence-corrected chi connectivity index (χ2v) is 5.08. The first kappa shape index (κ1) is 13.2. The molecule has 1 N–H and O–H groups in total. The SMILES string of the molecule is C/C=C\C(C)(C)[C@H](NC)C(=O)N1CCCC1. The lowest BCUT2D eigenvalue weighted by Gasteiger charge is -2.33. The molecule has 3 nitrogen and oxygen atoms in total. The summed E-state index contributed by atoms with van der Waals surface area (Å²) in [6.07, 6.45) is 6.40. The van der Waals surface area contributed by atoms with Crippen LogP contribution in [0.1, 0.15) is 33.6 Å². The lowest BCUT2D eigenvalue weighted by Crippen LogP contribution is -2.51. The van der Waals surface area contributed by atoms with Gasteiger partial charge in [-0.15, -0.1) is 0 Å². The fourth-order valence-corrected chi connectivity index (χ4v) is 2.46. The van der Waals surface area contributed by atoms with E-state index in [9.17, 15) is 4.79 Å². The molecule has 0 radical (unpaired) electrons. The predicted octanol–water partition coefficient (Wildman–Crippen LogP) is 1.80. The van der Waals surface area contributed by atoms with Crippen molar-refractivity contribution < 1.29 is 4.79 Å². The van der Waals surface area contributed by atoms with Crippen LogP contribution in [0.4, 0.5) is 0 Å². The molecule has 1 aliphatic rings. The molecule has 0 aromatic rings. The summed E-state index contributed by atoms with van der Waals surface area (Å²) >= 11 is 0. The van der Waals surface area contributed by atoms with Gasteiger partial charge in [0.15, 0.2) is 0 Å². The molecule has 0 unspecified atom stereocenters. The first-order valence-electron chi connectivity index (χ1n) is 6.13. The van der Waals surface area contributed by atoms with Gasteiger partial charge in [0, 0.05) is 18.5 Å². The third-order valence-corrected chi connectivity index (χ3v) is 3.29. The number of nitrogens with one attached hydrogen (secondary N) is 1. The van der Waals surface area contributed by atoms with Crippen LogP contribution in [0.25, 0.3) is 0 Å². The number of carbonyl (C=O) groups excluding carboxylic acids is 1. The lowest BCUT2D eigenvalue weighted by atomic mass is 9.83. The van der Waals surface area contributed by atoms with Gasteiger partial charge >= 0.3 is 0 Å². The number of nitrogens with zero attached hydrogens (tertiary/aromatic N) is 1. The van der Waals surface area contributed by atoms with Gasteiger partial charge in [-0.05, 0) is 26.8 Å². The van der Waals surface area contributed by atoms with Crippen LogP contribution in [0.15, 0.2) is 12.2 Å². The highest BCUT2D eigenvalue weighted by molar-refractivity contribution is 5.83. The minimum Gasteiger partial charge on any atom is -0.341 e. The van der Waals surface area contributed by atoms with Crippen LogP contribution in [0.5, 0.6) is 0 Å². The Morgan fingerprint density at radius 1 is 1.38 bits per heavy atom. The summed E-state index contributed by atoms with van der Waals surface area (Å²) in [5.74, 6) is 0.239. The molecule has 0 aromatic heterocycles. The summed E-state index contributed by atoms with van der Waals surface area (Å²) in [7, 11) is 1.86. The molecule has 0 aromatic carbocycles. The molecular weight excluding hydrogens is 200 g/mol. The number of likely N-dealkylation sites (tertiary alicyclic amines) is 1. The van der Waals surface area contributed by atoms with E-state index >= 15 is 0 Å². The van der Waals surface area contributed by atoms with Gasteiger partial charge in [-0.25, -0.2) is 0 Å². The normalized spacial score (nSPS) is 19.4. The highest BCUT2D eigenvalue weighted by atomic mass is 16.2. The van der Waals surface area contributed by atoms with E-state index in [4.69, 9.17) is 0 Å². The summed E-state index contributed by atoms with van der Waals surface area (Å²) in [6.45, 7) is 8.03. The van der Waals surface area contributed by atoms with Gasteiger partial charge in [-0.2, -0.15) is 0 Å². The smallest absolute Gasteiger partial charge is 0.240 e. The van der Waals surface area contributed by atoms with Crippen molar-refractivity contribution in [3.8, 4) is 0 Å². The summed E-state index contributed by atoms with van der Waals surface area (Å²) in [4.78, 5) is 14.3. The Hall–Kier alpha value is -0.830. The molecule has 1 rings (SSSR count). The zero-order valence-corrected chi connectivity index (χ0v) is 10.9. The zero-order chi connectivity index (χ0) is 12.2. The molecule has 0 saturated carbocycles. The van der Waals surface area contributed by atoms with E-state index in [0.717, 1.165) is 25.9 Å². The summed E-state index contributed by atoms with van der Waals surface area (Å²) in [6, 6.07) is -0.123. The fraction of sp³-hybridized carbons (Fsp3) is 0.769. The third-order valence-electron chi connectivity index (χ3n) is 3.29. The zero-order valence-electron chi connectivity index (χ0n) is 10.9. The largest absolute Gasteiger partial charge is 0.341 e. The molecule has 1 amide bonds. The molecule has 1 saturated heterocycles. The number of amides is 1. The molecule has 0 bridgehead atoms. The Bertz CT molecular complexity index is 265. The maximum Gasteiger partial charge on any atom is 0.240 e. The van der Waals surface area contributed by atoms with Crippen molar-refractivity contribution in [1.82, 2.24) is 10.2 Å². The average Bonchev–Trinajstić information content (AvgIpc) is 2.70. The summed E-state index contributed by atoms with van der Waals surface area (Å²) in [5.41, 5.74) is -0.136.